The number of aromatic nitrogens is 1. The Bertz CT molecular complexity index is 1450. The van der Waals surface area contributed by atoms with Crippen molar-refractivity contribution in [3.8, 4) is 28.7 Å². The molecule has 0 radical (unpaired) electrons. The molecule has 0 saturated carbocycles. The molecule has 2 heterocycles. The summed E-state index contributed by atoms with van der Waals surface area (Å²) in [6.45, 7) is 4.22. The molecule has 0 aliphatic heterocycles. The fourth-order valence-electron chi connectivity index (χ4n) is 3.88. The number of fused-ring (bicyclic) bond motifs is 1. The zero-order chi connectivity index (χ0) is 24.6. The molecule has 0 fully saturated rings. The second kappa shape index (κ2) is 9.04. The first kappa shape index (κ1) is 23.1. The Hall–Kier alpha value is -4.09. The Morgan fingerprint density at radius 1 is 1.06 bits per heavy atom. The fraction of sp³-hybridized carbons (Fsp3) is 0.192. The van der Waals surface area contributed by atoms with Crippen LogP contribution in [-0.2, 0) is 0 Å². The van der Waals surface area contributed by atoms with Crippen molar-refractivity contribution in [3.05, 3.63) is 64.0 Å². The van der Waals surface area contributed by atoms with Gasteiger partial charge >= 0.3 is 0 Å². The lowest BCUT2D eigenvalue weighted by Crippen LogP contribution is -2.04. The maximum Gasteiger partial charge on any atom is 0.205 e. The Morgan fingerprint density at radius 3 is 2.32 bits per heavy atom. The molecule has 4 aromatic rings. The first-order valence-electron chi connectivity index (χ1n) is 10.6. The Labute approximate surface area is 201 Å². The number of nitrogens with zero attached hydrogens (tertiary/aromatic N) is 2. The van der Waals surface area contributed by atoms with Gasteiger partial charge in [-0.2, -0.15) is 5.26 Å². The van der Waals surface area contributed by atoms with Gasteiger partial charge < -0.3 is 20.9 Å². The van der Waals surface area contributed by atoms with E-state index in [9.17, 15) is 10.1 Å². The second-order valence-electron chi connectivity index (χ2n) is 8.06. The van der Waals surface area contributed by atoms with Crippen molar-refractivity contribution in [1.29, 1.82) is 5.26 Å². The zero-order valence-electron chi connectivity index (χ0n) is 19.3. The number of anilines is 2. The summed E-state index contributed by atoms with van der Waals surface area (Å²) in [5, 5.41) is 10.4. The van der Waals surface area contributed by atoms with Gasteiger partial charge in [0.05, 0.1) is 19.9 Å². The molecular weight excluding hydrogens is 448 g/mol. The summed E-state index contributed by atoms with van der Waals surface area (Å²) in [7, 11) is 3.04. The lowest BCUT2D eigenvalue weighted by atomic mass is 9.94. The van der Waals surface area contributed by atoms with Crippen LogP contribution in [0.3, 0.4) is 0 Å². The molecular formula is C26H24N4O3S. The lowest BCUT2D eigenvalue weighted by molar-refractivity contribution is 0.104. The molecule has 0 spiro atoms. The van der Waals surface area contributed by atoms with E-state index in [1.165, 1.54) is 19.8 Å². The fourth-order valence-corrected chi connectivity index (χ4v) is 4.96. The number of benzene rings is 2. The molecule has 7 nitrogen and oxygen atoms in total. The summed E-state index contributed by atoms with van der Waals surface area (Å²) in [6, 6.07) is 15.0. The van der Waals surface area contributed by atoms with Gasteiger partial charge in [0, 0.05) is 16.5 Å². The molecule has 34 heavy (non-hydrogen) atoms. The van der Waals surface area contributed by atoms with E-state index in [4.69, 9.17) is 20.9 Å². The van der Waals surface area contributed by atoms with Crippen LogP contribution in [0.5, 0.6) is 11.5 Å². The van der Waals surface area contributed by atoms with E-state index in [-0.39, 0.29) is 22.9 Å². The van der Waals surface area contributed by atoms with E-state index < -0.39 is 0 Å². The van der Waals surface area contributed by atoms with Crippen molar-refractivity contribution < 1.29 is 14.3 Å². The summed E-state index contributed by atoms with van der Waals surface area (Å²) in [5.41, 5.74) is 16.1. The normalized spacial score (nSPS) is 10.9. The van der Waals surface area contributed by atoms with Gasteiger partial charge in [-0.15, -0.1) is 11.3 Å². The van der Waals surface area contributed by atoms with Crippen molar-refractivity contribution >= 4 is 38.8 Å². The summed E-state index contributed by atoms with van der Waals surface area (Å²) in [6.07, 6.45) is 0. The van der Waals surface area contributed by atoms with Gasteiger partial charge in [-0.1, -0.05) is 38.1 Å². The molecule has 2 aromatic heterocycles. The third-order valence-corrected chi connectivity index (χ3v) is 6.83. The molecule has 0 aliphatic rings. The predicted molar refractivity (Wildman–Crippen MR) is 136 cm³/mol. The van der Waals surface area contributed by atoms with Crippen LogP contribution in [0, 0.1) is 11.3 Å². The van der Waals surface area contributed by atoms with E-state index in [0.717, 1.165) is 16.9 Å². The number of carbonyl (C=O) groups is 1. The van der Waals surface area contributed by atoms with Crippen LogP contribution in [-0.4, -0.2) is 25.0 Å². The Balaban J connectivity index is 1.93. The smallest absolute Gasteiger partial charge is 0.205 e. The van der Waals surface area contributed by atoms with Gasteiger partial charge in [0.2, 0.25) is 5.78 Å². The number of nitrogens with two attached hydrogens (primary N) is 2. The van der Waals surface area contributed by atoms with E-state index in [2.05, 4.69) is 24.9 Å². The summed E-state index contributed by atoms with van der Waals surface area (Å²) < 4.78 is 10.6. The number of hydrogen-bond acceptors (Lipinski definition) is 8. The molecule has 0 atom stereocenters. The van der Waals surface area contributed by atoms with Gasteiger partial charge in [-0.3, -0.25) is 4.79 Å². The van der Waals surface area contributed by atoms with Crippen LogP contribution >= 0.6 is 11.3 Å². The number of ketones is 1. The number of pyridine rings is 1. The predicted octanol–water partition coefficient (Wildman–Crippen LogP) is 5.37. The van der Waals surface area contributed by atoms with Gasteiger partial charge in [0.25, 0.3) is 0 Å². The van der Waals surface area contributed by atoms with Crippen LogP contribution < -0.4 is 20.9 Å². The molecule has 8 heteroatoms. The minimum Gasteiger partial charge on any atom is -0.493 e. The number of methoxy groups -OCH3 is 2. The maximum absolute atomic E-state index is 13.4. The van der Waals surface area contributed by atoms with E-state index in [1.54, 1.807) is 18.2 Å². The highest BCUT2D eigenvalue weighted by Crippen LogP contribution is 2.43. The molecule has 0 unspecified atom stereocenters. The number of thiophene rings is 1. The summed E-state index contributed by atoms with van der Waals surface area (Å²) in [5.74, 6) is 1.14. The monoisotopic (exact) mass is 472 g/mol. The number of rotatable bonds is 6. The highest BCUT2D eigenvalue weighted by molar-refractivity contribution is 7.21. The zero-order valence-corrected chi connectivity index (χ0v) is 20.1. The van der Waals surface area contributed by atoms with Crippen molar-refractivity contribution in [2.75, 3.05) is 25.7 Å². The second-order valence-corrected chi connectivity index (χ2v) is 9.06. The quantitative estimate of drug-likeness (QED) is 0.361. The third-order valence-electron chi connectivity index (χ3n) is 5.73. The van der Waals surface area contributed by atoms with Crippen molar-refractivity contribution in [2.24, 2.45) is 0 Å². The number of ether oxygens (including phenoxy) is 2. The first-order valence-corrected chi connectivity index (χ1v) is 11.4. The lowest BCUT2D eigenvalue weighted by Gasteiger charge is -2.11. The van der Waals surface area contributed by atoms with E-state index in [0.29, 0.717) is 43.6 Å². The van der Waals surface area contributed by atoms with Crippen molar-refractivity contribution in [3.63, 3.8) is 0 Å². The molecule has 4 N–H and O–H groups in total. The minimum absolute atomic E-state index is 0.101. The van der Waals surface area contributed by atoms with Crippen LogP contribution in [0.1, 0.15) is 46.1 Å². The first-order chi connectivity index (χ1) is 16.3. The molecule has 0 amide bonds. The molecule has 2 aromatic carbocycles. The van der Waals surface area contributed by atoms with Crippen molar-refractivity contribution in [1.82, 2.24) is 4.98 Å². The highest BCUT2D eigenvalue weighted by atomic mass is 32.1. The topological polar surface area (TPSA) is 124 Å². The SMILES string of the molecule is COc1ccc(C(=O)c2sc3nc(N)c(C#N)c(-c4ccc(C(C)C)cc4)c3c2N)cc1OC. The van der Waals surface area contributed by atoms with Gasteiger partial charge in [-0.05, 0) is 35.2 Å². The Kier molecular flexibility index (Phi) is 6.14. The minimum atomic E-state index is -0.278. The Morgan fingerprint density at radius 2 is 1.74 bits per heavy atom. The van der Waals surface area contributed by atoms with Crippen LogP contribution in [0.25, 0.3) is 21.3 Å². The van der Waals surface area contributed by atoms with Gasteiger partial charge in [0.15, 0.2) is 11.5 Å². The average Bonchev–Trinajstić information content (AvgIpc) is 3.17. The molecule has 4 rings (SSSR count). The van der Waals surface area contributed by atoms with E-state index in [1.807, 2.05) is 24.3 Å². The highest BCUT2D eigenvalue weighted by Gasteiger charge is 2.25. The number of carbonyl (C=O) groups excluding carboxylic acids is 1. The molecule has 0 bridgehead atoms. The van der Waals surface area contributed by atoms with Crippen LogP contribution in [0.4, 0.5) is 11.5 Å². The maximum atomic E-state index is 13.4. The number of hydrogen-bond donors (Lipinski definition) is 2. The standard InChI is InChI=1S/C26H24N4O3S/c1-13(2)14-5-7-15(8-6-14)20-17(12-27)25(29)30-26-21(20)22(28)24(34-26)23(31)16-9-10-18(32-3)19(11-16)33-4/h5-11,13H,28H2,1-4H3,(H2,29,30). The van der Waals surface area contributed by atoms with E-state index >= 15 is 0 Å². The third kappa shape index (κ3) is 3.80. The van der Waals surface area contributed by atoms with Crippen molar-refractivity contribution in [2.45, 2.75) is 19.8 Å². The molecule has 172 valence electrons. The van der Waals surface area contributed by atoms with Gasteiger partial charge in [0.1, 0.15) is 27.2 Å². The largest absolute Gasteiger partial charge is 0.493 e. The number of nitriles is 1. The number of nitrogen functional groups attached to an aromatic ring is 2. The van der Waals surface area contributed by atoms with Crippen LogP contribution in [0.15, 0.2) is 42.5 Å². The average molecular weight is 473 g/mol. The summed E-state index contributed by atoms with van der Waals surface area (Å²) >= 11 is 1.15. The van der Waals surface area contributed by atoms with Gasteiger partial charge in [-0.25, -0.2) is 4.98 Å². The molecule has 0 saturated heterocycles. The summed E-state index contributed by atoms with van der Waals surface area (Å²) in [4.78, 5) is 18.6. The molecule has 0 aliphatic carbocycles. The van der Waals surface area contributed by atoms with Crippen LogP contribution in [0.2, 0.25) is 0 Å².